The number of thioether (sulfide) groups is 1. The van der Waals surface area contributed by atoms with E-state index >= 15 is 0 Å². The van der Waals surface area contributed by atoms with Gasteiger partial charge in [-0.1, -0.05) is 31.1 Å². The zero-order valence-corrected chi connectivity index (χ0v) is 13.0. The van der Waals surface area contributed by atoms with Gasteiger partial charge in [0.25, 0.3) is 0 Å². The molecule has 0 bridgehead atoms. The second-order valence-corrected chi connectivity index (χ2v) is 6.24. The maximum Gasteiger partial charge on any atom is 0.223 e. The summed E-state index contributed by atoms with van der Waals surface area (Å²) in [5.41, 5.74) is 1.31. The molecule has 0 saturated carbocycles. The lowest BCUT2D eigenvalue weighted by molar-refractivity contribution is 0.389. The van der Waals surface area contributed by atoms with E-state index in [2.05, 4.69) is 53.6 Å². The molecule has 4 nitrogen and oxygen atoms in total. The smallest absolute Gasteiger partial charge is 0.223 e. The summed E-state index contributed by atoms with van der Waals surface area (Å²) in [6, 6.07) is 8.61. The monoisotopic (exact) mass is 291 g/mol. The number of benzene rings is 1. The van der Waals surface area contributed by atoms with E-state index in [1.807, 2.05) is 0 Å². The van der Waals surface area contributed by atoms with Gasteiger partial charge >= 0.3 is 0 Å². The normalized spacial score (nSPS) is 11.2. The first-order valence-electron chi connectivity index (χ1n) is 6.85. The highest BCUT2D eigenvalue weighted by Gasteiger charge is 2.03. The van der Waals surface area contributed by atoms with Crippen molar-refractivity contribution in [1.29, 1.82) is 0 Å². The molecule has 0 fully saturated rings. The first-order chi connectivity index (χ1) is 9.63. The van der Waals surface area contributed by atoms with Crippen LogP contribution in [0.15, 0.2) is 33.7 Å². The van der Waals surface area contributed by atoms with Gasteiger partial charge in [0.15, 0.2) is 5.82 Å². The van der Waals surface area contributed by atoms with E-state index in [1.165, 1.54) is 10.5 Å². The fourth-order valence-corrected chi connectivity index (χ4v) is 2.50. The molecule has 0 spiro atoms. The number of rotatable bonds is 7. The molecule has 2 rings (SSSR count). The van der Waals surface area contributed by atoms with Gasteiger partial charge in [-0.25, -0.2) is 0 Å². The zero-order chi connectivity index (χ0) is 14.4. The Kier molecular flexibility index (Phi) is 5.61. The summed E-state index contributed by atoms with van der Waals surface area (Å²) in [4.78, 5) is 5.41. The van der Waals surface area contributed by atoms with Crippen molar-refractivity contribution in [3.63, 3.8) is 0 Å². The Morgan fingerprint density at radius 1 is 1.25 bits per heavy atom. The molecule has 0 unspecified atom stereocenters. The van der Waals surface area contributed by atoms with E-state index in [0.717, 1.165) is 24.7 Å². The van der Waals surface area contributed by atoms with Crippen molar-refractivity contribution in [1.82, 2.24) is 15.5 Å². The van der Waals surface area contributed by atoms with E-state index in [9.17, 15) is 0 Å². The highest BCUT2D eigenvalue weighted by atomic mass is 32.2. The average molecular weight is 291 g/mol. The van der Waals surface area contributed by atoms with E-state index in [0.29, 0.717) is 11.8 Å². The molecule has 0 atom stereocenters. The van der Waals surface area contributed by atoms with Crippen LogP contribution in [0, 0.1) is 12.8 Å². The molecular formula is C15H21N3OS. The molecule has 0 amide bonds. The molecule has 0 aliphatic carbocycles. The minimum atomic E-state index is 0.618. The Hall–Kier alpha value is -1.33. The predicted molar refractivity (Wildman–Crippen MR) is 81.6 cm³/mol. The molecule has 1 heterocycles. The van der Waals surface area contributed by atoms with Crippen LogP contribution in [0.3, 0.4) is 0 Å². The van der Waals surface area contributed by atoms with Gasteiger partial charge in [-0.05, 0) is 30.2 Å². The number of aryl methyl sites for hydroxylation is 1. The van der Waals surface area contributed by atoms with Crippen LogP contribution in [0.2, 0.25) is 0 Å². The fourth-order valence-electron chi connectivity index (χ4n) is 1.76. The molecule has 108 valence electrons. The lowest BCUT2D eigenvalue weighted by Gasteiger charge is -2.07. The van der Waals surface area contributed by atoms with Crippen LogP contribution in [0.25, 0.3) is 0 Å². The quantitative estimate of drug-likeness (QED) is 0.792. The van der Waals surface area contributed by atoms with Gasteiger partial charge in [0.1, 0.15) is 0 Å². The van der Waals surface area contributed by atoms with Crippen molar-refractivity contribution in [2.45, 2.75) is 38.0 Å². The molecule has 0 aliphatic heterocycles. The Bertz CT molecular complexity index is 522. The third-order valence-corrected chi connectivity index (χ3v) is 3.75. The van der Waals surface area contributed by atoms with Gasteiger partial charge in [-0.15, -0.1) is 11.8 Å². The van der Waals surface area contributed by atoms with Crippen molar-refractivity contribution < 1.29 is 4.52 Å². The largest absolute Gasteiger partial charge is 0.340 e. The van der Waals surface area contributed by atoms with E-state index in [-0.39, 0.29) is 0 Å². The molecule has 1 N–H and O–H groups in total. The third-order valence-electron chi connectivity index (χ3n) is 2.74. The standard InChI is InChI=1S/C15H21N3OS/c1-11(2)8-16-9-13-4-6-14(7-5-13)20-10-15-17-12(3)19-18-15/h4-7,11,16H,8-10H2,1-3H3. The molecular weight excluding hydrogens is 270 g/mol. The van der Waals surface area contributed by atoms with Crippen molar-refractivity contribution in [3.05, 3.63) is 41.5 Å². The summed E-state index contributed by atoms with van der Waals surface area (Å²) in [6.07, 6.45) is 0. The van der Waals surface area contributed by atoms with Crippen molar-refractivity contribution in [3.8, 4) is 0 Å². The molecule has 2 aromatic rings. The van der Waals surface area contributed by atoms with Crippen LogP contribution < -0.4 is 5.32 Å². The summed E-state index contributed by atoms with van der Waals surface area (Å²) >= 11 is 1.72. The van der Waals surface area contributed by atoms with Crippen LogP contribution in [-0.2, 0) is 12.3 Å². The van der Waals surface area contributed by atoms with Gasteiger partial charge < -0.3 is 9.84 Å². The topological polar surface area (TPSA) is 51.0 Å². The fraction of sp³-hybridized carbons (Fsp3) is 0.467. The number of nitrogens with one attached hydrogen (secondary N) is 1. The minimum Gasteiger partial charge on any atom is -0.340 e. The number of hydrogen-bond donors (Lipinski definition) is 1. The lowest BCUT2D eigenvalue weighted by atomic mass is 10.2. The maximum atomic E-state index is 4.95. The number of nitrogens with zero attached hydrogens (tertiary/aromatic N) is 2. The molecule has 0 aliphatic rings. The highest BCUT2D eigenvalue weighted by Crippen LogP contribution is 2.21. The summed E-state index contributed by atoms with van der Waals surface area (Å²) in [5.74, 6) is 2.79. The molecule has 0 radical (unpaired) electrons. The summed E-state index contributed by atoms with van der Waals surface area (Å²) in [7, 11) is 0. The van der Waals surface area contributed by atoms with E-state index < -0.39 is 0 Å². The van der Waals surface area contributed by atoms with Gasteiger partial charge in [0.2, 0.25) is 5.89 Å². The van der Waals surface area contributed by atoms with Crippen LogP contribution in [0.5, 0.6) is 0 Å². The van der Waals surface area contributed by atoms with Gasteiger partial charge in [0, 0.05) is 18.4 Å². The Balaban J connectivity index is 1.79. The first kappa shape index (κ1) is 15.1. The molecule has 0 saturated heterocycles. The van der Waals surface area contributed by atoms with Crippen LogP contribution >= 0.6 is 11.8 Å². The van der Waals surface area contributed by atoms with Crippen molar-refractivity contribution in [2.24, 2.45) is 5.92 Å². The first-order valence-corrected chi connectivity index (χ1v) is 7.83. The average Bonchev–Trinajstić information content (AvgIpc) is 2.83. The summed E-state index contributed by atoms with van der Waals surface area (Å²) < 4.78 is 4.95. The zero-order valence-electron chi connectivity index (χ0n) is 12.2. The molecule has 1 aromatic heterocycles. The van der Waals surface area contributed by atoms with E-state index in [1.54, 1.807) is 18.7 Å². The van der Waals surface area contributed by atoms with Gasteiger partial charge in [0.05, 0.1) is 5.75 Å². The Morgan fingerprint density at radius 3 is 2.60 bits per heavy atom. The summed E-state index contributed by atoms with van der Waals surface area (Å²) in [6.45, 7) is 8.21. The van der Waals surface area contributed by atoms with E-state index in [4.69, 9.17) is 4.52 Å². The Morgan fingerprint density at radius 2 is 2.00 bits per heavy atom. The van der Waals surface area contributed by atoms with Crippen molar-refractivity contribution in [2.75, 3.05) is 6.54 Å². The second kappa shape index (κ2) is 7.45. The van der Waals surface area contributed by atoms with Gasteiger partial charge in [-0.2, -0.15) is 4.98 Å². The maximum absolute atomic E-state index is 4.95. The van der Waals surface area contributed by atoms with Crippen LogP contribution in [0.1, 0.15) is 31.1 Å². The SMILES string of the molecule is Cc1nc(CSc2ccc(CNCC(C)C)cc2)no1. The number of aromatic nitrogens is 2. The van der Waals surface area contributed by atoms with Crippen LogP contribution in [-0.4, -0.2) is 16.7 Å². The molecule has 1 aromatic carbocycles. The third kappa shape index (κ3) is 4.98. The van der Waals surface area contributed by atoms with Crippen molar-refractivity contribution >= 4 is 11.8 Å². The predicted octanol–water partition coefficient (Wildman–Crippen LogP) is 3.42. The van der Waals surface area contributed by atoms with Gasteiger partial charge in [-0.3, -0.25) is 0 Å². The highest BCUT2D eigenvalue weighted by molar-refractivity contribution is 7.98. The minimum absolute atomic E-state index is 0.618. The second-order valence-electron chi connectivity index (χ2n) is 5.19. The molecule has 5 heteroatoms. The molecule has 20 heavy (non-hydrogen) atoms. The Labute approximate surface area is 124 Å². The number of hydrogen-bond acceptors (Lipinski definition) is 5. The summed E-state index contributed by atoms with van der Waals surface area (Å²) in [5, 5.41) is 7.33. The van der Waals surface area contributed by atoms with Crippen LogP contribution in [0.4, 0.5) is 0 Å². The lowest BCUT2D eigenvalue weighted by Crippen LogP contribution is -2.18.